The number of anilines is 1. The van der Waals surface area contributed by atoms with Crippen molar-refractivity contribution in [3.63, 3.8) is 0 Å². The van der Waals surface area contributed by atoms with Crippen molar-refractivity contribution in [2.45, 2.75) is 32.2 Å². The van der Waals surface area contributed by atoms with Gasteiger partial charge in [-0.15, -0.1) is 0 Å². The van der Waals surface area contributed by atoms with Crippen LogP contribution in [0.1, 0.15) is 24.8 Å². The zero-order chi connectivity index (χ0) is 17.4. The summed E-state index contributed by atoms with van der Waals surface area (Å²) in [7, 11) is 0. The fourth-order valence-corrected chi connectivity index (χ4v) is 3.62. The van der Waals surface area contributed by atoms with E-state index in [1.54, 1.807) is 25.1 Å². The van der Waals surface area contributed by atoms with Crippen LogP contribution in [0.15, 0.2) is 18.2 Å². The molecule has 24 heavy (non-hydrogen) atoms. The molecule has 1 N–H and O–H groups in total. The molecule has 2 aliphatic heterocycles. The highest BCUT2D eigenvalue weighted by molar-refractivity contribution is 6.32. The molecule has 0 aliphatic carbocycles. The molecule has 2 heterocycles. The van der Waals surface area contributed by atoms with Crippen molar-refractivity contribution in [2.75, 3.05) is 18.0 Å². The van der Waals surface area contributed by atoms with Crippen molar-refractivity contribution in [3.05, 3.63) is 28.8 Å². The Kier molecular flexibility index (Phi) is 4.60. The molecule has 1 atom stereocenters. The highest BCUT2D eigenvalue weighted by atomic mass is 35.5. The van der Waals surface area contributed by atoms with E-state index in [4.69, 9.17) is 16.7 Å². The zero-order valence-corrected chi connectivity index (χ0v) is 14.1. The molecule has 2 fully saturated rings. The second-order valence-electron chi connectivity index (χ2n) is 6.32. The number of benzene rings is 1. The lowest BCUT2D eigenvalue weighted by Gasteiger charge is -2.33. The maximum absolute atomic E-state index is 12.8. The highest BCUT2D eigenvalue weighted by Gasteiger charge is 2.44. The molecule has 0 saturated carbocycles. The van der Waals surface area contributed by atoms with Crippen molar-refractivity contribution in [2.24, 2.45) is 5.92 Å². The molecule has 2 amide bonds. The predicted molar refractivity (Wildman–Crippen MR) is 89.0 cm³/mol. The van der Waals surface area contributed by atoms with Gasteiger partial charge < -0.3 is 5.11 Å². The molecule has 6 nitrogen and oxygen atoms in total. The predicted octanol–water partition coefficient (Wildman–Crippen LogP) is 2.08. The summed E-state index contributed by atoms with van der Waals surface area (Å²) in [5, 5.41) is 9.58. The summed E-state index contributed by atoms with van der Waals surface area (Å²) in [6.07, 6.45) is 1.13. The van der Waals surface area contributed by atoms with E-state index in [1.807, 2.05) is 4.90 Å². The largest absolute Gasteiger partial charge is 0.481 e. The Morgan fingerprint density at radius 2 is 1.92 bits per heavy atom. The van der Waals surface area contributed by atoms with Gasteiger partial charge in [-0.2, -0.15) is 0 Å². The molecule has 0 aromatic heterocycles. The first-order valence-corrected chi connectivity index (χ1v) is 8.36. The van der Waals surface area contributed by atoms with Crippen molar-refractivity contribution in [1.82, 2.24) is 4.90 Å². The molecular formula is C17H19ClN2O4. The monoisotopic (exact) mass is 350 g/mol. The van der Waals surface area contributed by atoms with Crippen LogP contribution in [0.2, 0.25) is 5.02 Å². The Balaban J connectivity index is 1.78. The second-order valence-corrected chi connectivity index (χ2v) is 6.73. The van der Waals surface area contributed by atoms with Crippen LogP contribution in [0.5, 0.6) is 0 Å². The Hall–Kier alpha value is -1.92. The molecule has 2 saturated heterocycles. The third-order valence-electron chi connectivity index (χ3n) is 4.92. The fourth-order valence-electron chi connectivity index (χ4n) is 3.45. The minimum absolute atomic E-state index is 0.128. The van der Waals surface area contributed by atoms with Gasteiger partial charge in [-0.05, 0) is 50.6 Å². The summed E-state index contributed by atoms with van der Waals surface area (Å²) in [6, 6.07) is 4.65. The van der Waals surface area contributed by atoms with Crippen LogP contribution in [0.3, 0.4) is 0 Å². The van der Waals surface area contributed by atoms with Crippen LogP contribution in [0, 0.1) is 12.8 Å². The molecule has 2 aliphatic rings. The number of piperidine rings is 1. The van der Waals surface area contributed by atoms with Gasteiger partial charge in [0.05, 0.1) is 24.1 Å². The van der Waals surface area contributed by atoms with E-state index in [9.17, 15) is 14.4 Å². The molecule has 1 unspecified atom stereocenters. The van der Waals surface area contributed by atoms with E-state index in [0.29, 0.717) is 42.2 Å². The van der Waals surface area contributed by atoms with Gasteiger partial charge in [0.15, 0.2) is 0 Å². The summed E-state index contributed by atoms with van der Waals surface area (Å²) in [4.78, 5) is 39.4. The topological polar surface area (TPSA) is 77.9 Å². The van der Waals surface area contributed by atoms with Crippen LogP contribution < -0.4 is 4.90 Å². The smallest absolute Gasteiger partial charge is 0.306 e. The minimum Gasteiger partial charge on any atom is -0.481 e. The molecule has 1 aromatic carbocycles. The number of carboxylic acids is 1. The van der Waals surface area contributed by atoms with Crippen LogP contribution in [-0.2, 0) is 14.4 Å². The number of hydrogen-bond acceptors (Lipinski definition) is 4. The van der Waals surface area contributed by atoms with E-state index < -0.39 is 12.0 Å². The molecular weight excluding hydrogens is 332 g/mol. The highest BCUT2D eigenvalue weighted by Crippen LogP contribution is 2.32. The van der Waals surface area contributed by atoms with E-state index in [-0.39, 0.29) is 24.2 Å². The van der Waals surface area contributed by atoms with Crippen LogP contribution >= 0.6 is 11.6 Å². The lowest BCUT2D eigenvalue weighted by Crippen LogP contribution is -2.46. The quantitative estimate of drug-likeness (QED) is 0.844. The number of hydrogen-bond donors (Lipinski definition) is 1. The number of amides is 2. The van der Waals surface area contributed by atoms with Crippen LogP contribution in [0.25, 0.3) is 0 Å². The Morgan fingerprint density at radius 1 is 1.25 bits per heavy atom. The number of carboxylic acid groups (broad SMARTS) is 1. The number of nitrogens with zero attached hydrogens (tertiary/aromatic N) is 2. The van der Waals surface area contributed by atoms with Gasteiger partial charge in [0.25, 0.3) is 5.91 Å². The molecule has 0 bridgehead atoms. The third kappa shape index (κ3) is 2.91. The average molecular weight is 351 g/mol. The number of halogens is 1. The first-order valence-electron chi connectivity index (χ1n) is 7.99. The van der Waals surface area contributed by atoms with Gasteiger partial charge in [-0.3, -0.25) is 19.3 Å². The first kappa shape index (κ1) is 16.9. The molecule has 3 rings (SSSR count). The zero-order valence-electron chi connectivity index (χ0n) is 13.4. The number of carbonyl (C=O) groups excluding carboxylic acids is 2. The summed E-state index contributed by atoms with van der Waals surface area (Å²) in [5.41, 5.74) is 1.23. The fraction of sp³-hybridized carbons (Fsp3) is 0.471. The SMILES string of the molecule is Cc1c(Cl)cccc1N1C(=O)CC(N2CCC(C(=O)O)CC2)C1=O. The van der Waals surface area contributed by atoms with Gasteiger partial charge >= 0.3 is 5.97 Å². The summed E-state index contributed by atoms with van der Waals surface area (Å²) >= 11 is 6.10. The number of carbonyl (C=O) groups is 3. The molecule has 1 aromatic rings. The van der Waals surface area contributed by atoms with Crippen LogP contribution in [0.4, 0.5) is 5.69 Å². The van der Waals surface area contributed by atoms with Gasteiger partial charge in [0.2, 0.25) is 5.91 Å². The van der Waals surface area contributed by atoms with E-state index >= 15 is 0 Å². The standard InChI is InChI=1S/C17H19ClN2O4/c1-10-12(18)3-2-4-13(10)20-15(21)9-14(16(20)22)19-7-5-11(6-8-19)17(23)24/h2-4,11,14H,5-9H2,1H3,(H,23,24). The summed E-state index contributed by atoms with van der Waals surface area (Å²) < 4.78 is 0. The molecule has 0 spiro atoms. The van der Waals surface area contributed by atoms with Gasteiger partial charge in [-0.1, -0.05) is 17.7 Å². The molecule has 7 heteroatoms. The van der Waals surface area contributed by atoms with E-state index in [2.05, 4.69) is 0 Å². The Bertz CT molecular complexity index is 698. The van der Waals surface area contributed by atoms with Gasteiger partial charge in [-0.25, -0.2) is 4.90 Å². The van der Waals surface area contributed by atoms with Crippen molar-refractivity contribution >= 4 is 35.1 Å². The molecule has 0 radical (unpaired) electrons. The number of aliphatic carboxylic acids is 1. The minimum atomic E-state index is -0.792. The number of rotatable bonds is 3. The van der Waals surface area contributed by atoms with E-state index in [0.717, 1.165) is 0 Å². The molecule has 128 valence electrons. The third-order valence-corrected chi connectivity index (χ3v) is 5.33. The first-order chi connectivity index (χ1) is 11.4. The van der Waals surface area contributed by atoms with Crippen molar-refractivity contribution in [3.8, 4) is 0 Å². The van der Waals surface area contributed by atoms with Crippen molar-refractivity contribution < 1.29 is 19.5 Å². The maximum atomic E-state index is 12.8. The Labute approximate surface area is 145 Å². The number of likely N-dealkylation sites (tertiary alicyclic amines) is 1. The average Bonchev–Trinajstić information content (AvgIpc) is 2.85. The maximum Gasteiger partial charge on any atom is 0.306 e. The summed E-state index contributed by atoms with van der Waals surface area (Å²) in [6.45, 7) is 2.82. The lowest BCUT2D eigenvalue weighted by atomic mass is 9.95. The van der Waals surface area contributed by atoms with Gasteiger partial charge in [0, 0.05) is 5.02 Å². The lowest BCUT2D eigenvalue weighted by molar-refractivity contribution is -0.143. The van der Waals surface area contributed by atoms with Crippen LogP contribution in [-0.4, -0.2) is 46.9 Å². The van der Waals surface area contributed by atoms with E-state index in [1.165, 1.54) is 4.90 Å². The summed E-state index contributed by atoms with van der Waals surface area (Å²) in [5.74, 6) is -1.64. The van der Waals surface area contributed by atoms with Gasteiger partial charge in [0.1, 0.15) is 0 Å². The number of imide groups is 1. The Morgan fingerprint density at radius 3 is 2.54 bits per heavy atom. The normalized spacial score (nSPS) is 23.1. The second kappa shape index (κ2) is 6.53. The van der Waals surface area contributed by atoms with Crippen molar-refractivity contribution in [1.29, 1.82) is 0 Å².